The summed E-state index contributed by atoms with van der Waals surface area (Å²) in [6, 6.07) is 9.38. The van der Waals surface area contributed by atoms with E-state index in [-0.39, 0.29) is 5.56 Å². The molecule has 2 aromatic rings. The van der Waals surface area contributed by atoms with Crippen molar-refractivity contribution in [3.05, 3.63) is 42.1 Å². The van der Waals surface area contributed by atoms with Gasteiger partial charge in [-0.05, 0) is 18.6 Å². The van der Waals surface area contributed by atoms with Gasteiger partial charge in [0, 0.05) is 0 Å². The Balaban J connectivity index is 2.16. The van der Waals surface area contributed by atoms with Crippen LogP contribution in [0.3, 0.4) is 0 Å². The van der Waals surface area contributed by atoms with Crippen molar-refractivity contribution in [1.82, 2.24) is 9.78 Å². The van der Waals surface area contributed by atoms with Crippen LogP contribution in [0.15, 0.2) is 36.5 Å². The number of unbranched alkanes of at least 4 members (excludes halogenated alkanes) is 3. The first-order valence-electron chi connectivity index (χ1n) is 7.23. The van der Waals surface area contributed by atoms with Gasteiger partial charge in [-0.1, -0.05) is 44.4 Å². The summed E-state index contributed by atoms with van der Waals surface area (Å²) < 4.78 is 7.22. The fourth-order valence-electron chi connectivity index (χ4n) is 2.07. The van der Waals surface area contributed by atoms with Crippen molar-refractivity contribution < 1.29 is 14.6 Å². The Labute approximate surface area is 124 Å². The van der Waals surface area contributed by atoms with Crippen molar-refractivity contribution in [3.63, 3.8) is 0 Å². The van der Waals surface area contributed by atoms with Crippen LogP contribution in [0.4, 0.5) is 0 Å². The lowest BCUT2D eigenvalue weighted by Gasteiger charge is -2.10. The van der Waals surface area contributed by atoms with E-state index in [9.17, 15) is 9.90 Å². The third-order valence-corrected chi connectivity index (χ3v) is 3.19. The summed E-state index contributed by atoms with van der Waals surface area (Å²) in [5.74, 6) is -0.731. The van der Waals surface area contributed by atoms with Crippen LogP contribution in [0, 0.1) is 0 Å². The predicted molar refractivity (Wildman–Crippen MR) is 80.2 cm³/mol. The standard InChI is InChI=1S/C16H20N2O3/c1-2-3-4-8-11-21-15-14(16(19)20)12-17-18(15)13-9-6-5-7-10-13/h5-7,9-10,12H,2-4,8,11H2,1H3,(H,19,20). The average molecular weight is 288 g/mol. The normalized spacial score (nSPS) is 10.5. The van der Waals surface area contributed by atoms with Crippen LogP contribution in [0.1, 0.15) is 43.0 Å². The van der Waals surface area contributed by atoms with E-state index in [2.05, 4.69) is 12.0 Å². The molecular formula is C16H20N2O3. The fraction of sp³-hybridized carbons (Fsp3) is 0.375. The Morgan fingerprint density at radius 3 is 2.67 bits per heavy atom. The molecule has 0 bridgehead atoms. The van der Waals surface area contributed by atoms with E-state index < -0.39 is 5.97 Å². The average Bonchev–Trinajstić information content (AvgIpc) is 2.92. The number of hydrogen-bond acceptors (Lipinski definition) is 3. The third-order valence-electron chi connectivity index (χ3n) is 3.19. The molecule has 0 saturated heterocycles. The second-order valence-electron chi connectivity index (χ2n) is 4.83. The lowest BCUT2D eigenvalue weighted by Crippen LogP contribution is -2.07. The number of benzene rings is 1. The van der Waals surface area contributed by atoms with Crippen molar-refractivity contribution in [2.45, 2.75) is 32.6 Å². The number of carbonyl (C=O) groups is 1. The van der Waals surface area contributed by atoms with Gasteiger partial charge in [-0.3, -0.25) is 0 Å². The van der Waals surface area contributed by atoms with Crippen molar-refractivity contribution in [2.24, 2.45) is 0 Å². The van der Waals surface area contributed by atoms with E-state index in [1.54, 1.807) is 0 Å². The highest BCUT2D eigenvalue weighted by molar-refractivity contribution is 5.90. The fourth-order valence-corrected chi connectivity index (χ4v) is 2.07. The number of hydrogen-bond donors (Lipinski definition) is 1. The quantitative estimate of drug-likeness (QED) is 0.755. The number of rotatable bonds is 8. The molecular weight excluding hydrogens is 268 g/mol. The van der Waals surface area contributed by atoms with Crippen molar-refractivity contribution >= 4 is 5.97 Å². The summed E-state index contributed by atoms with van der Waals surface area (Å²) in [6.07, 6.45) is 5.64. The Hall–Kier alpha value is -2.30. The number of nitrogens with zero attached hydrogens (tertiary/aromatic N) is 2. The van der Waals surface area contributed by atoms with E-state index in [1.165, 1.54) is 10.9 Å². The van der Waals surface area contributed by atoms with Crippen molar-refractivity contribution in [1.29, 1.82) is 0 Å². The highest BCUT2D eigenvalue weighted by Crippen LogP contribution is 2.23. The monoisotopic (exact) mass is 288 g/mol. The van der Waals surface area contributed by atoms with Crippen LogP contribution in [0.25, 0.3) is 5.69 Å². The summed E-state index contributed by atoms with van der Waals surface area (Å²) in [7, 11) is 0. The molecule has 0 saturated carbocycles. The molecule has 0 aliphatic heterocycles. The van der Waals surface area contributed by atoms with Gasteiger partial charge in [0.2, 0.25) is 5.88 Å². The highest BCUT2D eigenvalue weighted by atomic mass is 16.5. The summed E-state index contributed by atoms with van der Waals surface area (Å²) >= 11 is 0. The first-order valence-corrected chi connectivity index (χ1v) is 7.23. The highest BCUT2D eigenvalue weighted by Gasteiger charge is 2.19. The molecule has 0 amide bonds. The summed E-state index contributed by atoms with van der Waals surface area (Å²) in [5.41, 5.74) is 0.878. The number of carboxylic acid groups (broad SMARTS) is 1. The van der Waals surface area contributed by atoms with E-state index in [1.807, 2.05) is 30.3 Å². The first-order chi connectivity index (χ1) is 10.2. The van der Waals surface area contributed by atoms with Gasteiger partial charge in [0.1, 0.15) is 5.56 Å². The molecule has 0 spiro atoms. The Morgan fingerprint density at radius 1 is 1.24 bits per heavy atom. The molecule has 21 heavy (non-hydrogen) atoms. The molecule has 112 valence electrons. The maximum atomic E-state index is 11.3. The summed E-state index contributed by atoms with van der Waals surface area (Å²) in [6.45, 7) is 2.65. The zero-order chi connectivity index (χ0) is 15.1. The molecule has 0 aliphatic carbocycles. The second kappa shape index (κ2) is 7.47. The number of aromatic nitrogens is 2. The lowest BCUT2D eigenvalue weighted by molar-refractivity contribution is 0.0692. The van der Waals surface area contributed by atoms with Crippen LogP contribution in [-0.4, -0.2) is 27.5 Å². The van der Waals surface area contributed by atoms with Gasteiger partial charge in [0.05, 0.1) is 18.5 Å². The lowest BCUT2D eigenvalue weighted by atomic mass is 10.2. The van der Waals surface area contributed by atoms with Crippen LogP contribution >= 0.6 is 0 Å². The molecule has 1 aromatic heterocycles. The molecule has 0 fully saturated rings. The molecule has 5 heteroatoms. The van der Waals surface area contributed by atoms with Gasteiger partial charge in [-0.25, -0.2) is 9.48 Å². The van der Waals surface area contributed by atoms with Gasteiger partial charge < -0.3 is 9.84 Å². The molecule has 1 aromatic carbocycles. The van der Waals surface area contributed by atoms with Gasteiger partial charge in [0.15, 0.2) is 0 Å². The van der Waals surface area contributed by atoms with Crippen LogP contribution < -0.4 is 4.74 Å². The minimum atomic E-state index is -1.03. The molecule has 1 heterocycles. The molecule has 0 radical (unpaired) electrons. The van der Waals surface area contributed by atoms with Gasteiger partial charge in [-0.2, -0.15) is 5.10 Å². The molecule has 0 aliphatic rings. The van der Waals surface area contributed by atoms with Crippen LogP contribution in [-0.2, 0) is 0 Å². The van der Waals surface area contributed by atoms with Gasteiger partial charge >= 0.3 is 5.97 Å². The second-order valence-corrected chi connectivity index (χ2v) is 4.83. The van der Waals surface area contributed by atoms with E-state index in [0.717, 1.165) is 31.4 Å². The molecule has 0 atom stereocenters. The van der Waals surface area contributed by atoms with Crippen LogP contribution in [0.5, 0.6) is 5.88 Å². The van der Waals surface area contributed by atoms with Gasteiger partial charge in [-0.15, -0.1) is 0 Å². The van der Waals surface area contributed by atoms with Crippen LogP contribution in [0.2, 0.25) is 0 Å². The van der Waals surface area contributed by atoms with Crippen molar-refractivity contribution in [2.75, 3.05) is 6.61 Å². The number of ether oxygens (including phenoxy) is 1. The number of aromatic carboxylic acids is 1. The smallest absolute Gasteiger partial charge is 0.342 e. The zero-order valence-corrected chi connectivity index (χ0v) is 12.2. The van der Waals surface area contributed by atoms with Gasteiger partial charge in [0.25, 0.3) is 0 Å². The summed E-state index contributed by atoms with van der Waals surface area (Å²) in [4.78, 5) is 11.3. The molecule has 0 unspecified atom stereocenters. The predicted octanol–water partition coefficient (Wildman–Crippen LogP) is 3.53. The molecule has 5 nitrogen and oxygen atoms in total. The largest absolute Gasteiger partial charge is 0.477 e. The minimum Gasteiger partial charge on any atom is -0.477 e. The van der Waals surface area contributed by atoms with E-state index in [0.29, 0.717) is 12.5 Å². The minimum absolute atomic E-state index is 0.0920. The molecule has 1 N–H and O–H groups in total. The Bertz CT molecular complexity index is 578. The third kappa shape index (κ3) is 3.84. The first kappa shape index (κ1) is 15.1. The van der Waals surface area contributed by atoms with Crippen molar-refractivity contribution in [3.8, 4) is 11.6 Å². The Kier molecular flexibility index (Phi) is 5.37. The maximum absolute atomic E-state index is 11.3. The SMILES string of the molecule is CCCCCCOc1c(C(=O)O)cnn1-c1ccccc1. The summed E-state index contributed by atoms with van der Waals surface area (Å²) in [5, 5.41) is 13.4. The van der Waals surface area contributed by atoms with E-state index >= 15 is 0 Å². The molecule has 2 rings (SSSR count). The maximum Gasteiger partial charge on any atom is 0.342 e. The zero-order valence-electron chi connectivity index (χ0n) is 12.2. The Morgan fingerprint density at radius 2 is 2.00 bits per heavy atom. The van der Waals surface area contributed by atoms with E-state index in [4.69, 9.17) is 4.74 Å². The number of carboxylic acids is 1. The number of para-hydroxylation sites is 1. The topological polar surface area (TPSA) is 64.3 Å².